The number of aromatic nitrogens is 1. The molecule has 0 fully saturated rings. The zero-order valence-corrected chi connectivity index (χ0v) is 21.0. The fourth-order valence-corrected chi connectivity index (χ4v) is 6.82. The number of amides is 1. The van der Waals surface area contributed by atoms with Crippen molar-refractivity contribution >= 4 is 34.1 Å². The maximum absolute atomic E-state index is 13.5. The summed E-state index contributed by atoms with van der Waals surface area (Å²) in [6, 6.07) is 21.5. The Bertz CT molecular complexity index is 1860. The number of benzene rings is 3. The lowest BCUT2D eigenvalue weighted by molar-refractivity contribution is 0.0965. The van der Waals surface area contributed by atoms with Gasteiger partial charge in [0.25, 0.3) is 5.91 Å². The lowest BCUT2D eigenvalue weighted by Gasteiger charge is -2.29. The molecule has 8 rings (SSSR count). The zero-order chi connectivity index (χ0) is 25.2. The van der Waals surface area contributed by atoms with Gasteiger partial charge in [-0.2, -0.15) is 0 Å². The number of anilines is 1. The molecule has 3 heterocycles. The molecule has 0 spiro atoms. The van der Waals surface area contributed by atoms with Crippen LogP contribution in [0.4, 0.5) is 5.69 Å². The molecular formula is C34H27N3O. The van der Waals surface area contributed by atoms with E-state index < -0.39 is 0 Å². The number of allylic oxidation sites excluding steroid dienone is 4. The summed E-state index contributed by atoms with van der Waals surface area (Å²) in [5.41, 5.74) is 9.57. The van der Waals surface area contributed by atoms with E-state index in [0.29, 0.717) is 6.54 Å². The van der Waals surface area contributed by atoms with Gasteiger partial charge in [0, 0.05) is 35.6 Å². The van der Waals surface area contributed by atoms with E-state index in [2.05, 4.69) is 118 Å². The number of hydrogen-bond donors (Lipinski definition) is 1. The lowest BCUT2D eigenvalue weighted by Crippen LogP contribution is -2.32. The second-order valence-corrected chi connectivity index (χ2v) is 10.5. The van der Waals surface area contributed by atoms with Crippen LogP contribution in [0.25, 0.3) is 22.6 Å². The van der Waals surface area contributed by atoms with Gasteiger partial charge in [-0.25, -0.2) is 0 Å². The largest absolute Gasteiger partial charge is 0.354 e. The molecule has 4 aromatic rings. The van der Waals surface area contributed by atoms with E-state index in [1.165, 1.54) is 44.2 Å². The summed E-state index contributed by atoms with van der Waals surface area (Å²) in [5, 5.41) is 6.81. The molecule has 1 unspecified atom stereocenters. The van der Waals surface area contributed by atoms with Gasteiger partial charge in [-0.05, 0) is 40.3 Å². The number of carbonyl (C=O) groups excluding carboxylic acids is 1. The summed E-state index contributed by atoms with van der Waals surface area (Å²) < 4.78 is 2.51. The molecule has 4 aliphatic rings. The molecule has 2 aliphatic heterocycles. The lowest BCUT2D eigenvalue weighted by atomic mass is 9.94. The van der Waals surface area contributed by atoms with Crippen molar-refractivity contribution in [3.63, 3.8) is 0 Å². The highest BCUT2D eigenvalue weighted by atomic mass is 16.1. The molecule has 0 radical (unpaired) electrons. The number of rotatable bonds is 4. The van der Waals surface area contributed by atoms with Crippen LogP contribution in [-0.4, -0.2) is 16.5 Å². The van der Waals surface area contributed by atoms with Gasteiger partial charge in [-0.1, -0.05) is 97.1 Å². The minimum absolute atomic E-state index is 0.0498. The number of fused-ring (bicyclic) bond motifs is 9. The number of nitrogens with one attached hydrogen (secondary N) is 1. The Morgan fingerprint density at radius 3 is 2.42 bits per heavy atom. The Balaban J connectivity index is 1.51. The van der Waals surface area contributed by atoms with Gasteiger partial charge in [-0.15, -0.1) is 0 Å². The van der Waals surface area contributed by atoms with Crippen LogP contribution < -0.4 is 20.8 Å². The molecule has 1 aromatic heterocycles. The molecule has 4 nitrogen and oxygen atoms in total. The van der Waals surface area contributed by atoms with Crippen LogP contribution in [0.3, 0.4) is 0 Å². The van der Waals surface area contributed by atoms with E-state index in [1.807, 2.05) is 0 Å². The molecule has 38 heavy (non-hydrogen) atoms. The van der Waals surface area contributed by atoms with E-state index in [9.17, 15) is 4.79 Å². The van der Waals surface area contributed by atoms with E-state index in [1.54, 1.807) is 0 Å². The van der Waals surface area contributed by atoms with Gasteiger partial charge in [-0.3, -0.25) is 4.79 Å². The van der Waals surface area contributed by atoms with E-state index in [-0.39, 0.29) is 11.9 Å². The fraction of sp³-hybridized carbons (Fsp3) is 0.147. The van der Waals surface area contributed by atoms with Crippen LogP contribution >= 0.6 is 0 Å². The summed E-state index contributed by atoms with van der Waals surface area (Å²) in [5.74, 6) is 0.0498. The van der Waals surface area contributed by atoms with Gasteiger partial charge < -0.3 is 14.8 Å². The molecule has 1 amide bonds. The van der Waals surface area contributed by atoms with E-state index in [4.69, 9.17) is 0 Å². The molecule has 1 atom stereocenters. The van der Waals surface area contributed by atoms with Crippen molar-refractivity contribution in [2.24, 2.45) is 0 Å². The topological polar surface area (TPSA) is 37.3 Å². The SMILES string of the molecule is O=C1NCc2c1c1c(c3c2c2c(n3Cc3ccccc3)=CC=CC2)N(Cc2ccccc2)C2C=CC=CC=12. The predicted octanol–water partition coefficient (Wildman–Crippen LogP) is 4.49. The maximum Gasteiger partial charge on any atom is 0.252 e. The minimum atomic E-state index is 0.0498. The first kappa shape index (κ1) is 21.5. The zero-order valence-electron chi connectivity index (χ0n) is 21.0. The van der Waals surface area contributed by atoms with Gasteiger partial charge in [0.2, 0.25) is 0 Å². The van der Waals surface area contributed by atoms with Gasteiger partial charge >= 0.3 is 0 Å². The monoisotopic (exact) mass is 493 g/mol. The van der Waals surface area contributed by atoms with Crippen molar-refractivity contribution in [3.05, 3.63) is 136 Å². The molecule has 2 aliphatic carbocycles. The summed E-state index contributed by atoms with van der Waals surface area (Å²) >= 11 is 0. The quantitative estimate of drug-likeness (QED) is 0.455. The van der Waals surface area contributed by atoms with E-state index >= 15 is 0 Å². The molecule has 0 saturated carbocycles. The Hall–Kier alpha value is -4.57. The van der Waals surface area contributed by atoms with Gasteiger partial charge in [0.15, 0.2) is 0 Å². The van der Waals surface area contributed by atoms with Crippen molar-refractivity contribution in [1.29, 1.82) is 0 Å². The Morgan fingerprint density at radius 2 is 1.63 bits per heavy atom. The Morgan fingerprint density at radius 1 is 0.868 bits per heavy atom. The van der Waals surface area contributed by atoms with Gasteiger partial charge in [0.05, 0.1) is 22.8 Å². The molecule has 0 saturated heterocycles. The first-order valence-electron chi connectivity index (χ1n) is 13.4. The van der Waals surface area contributed by atoms with Crippen molar-refractivity contribution in [2.45, 2.75) is 32.1 Å². The minimum Gasteiger partial charge on any atom is -0.354 e. The van der Waals surface area contributed by atoms with Crippen LogP contribution in [0, 0.1) is 0 Å². The molecule has 0 bridgehead atoms. The van der Waals surface area contributed by atoms with Crippen LogP contribution in [0.5, 0.6) is 0 Å². The molecular weight excluding hydrogens is 466 g/mol. The first-order chi connectivity index (χ1) is 18.8. The standard InChI is InChI=1S/C34H27N3O/c38-34-31-26(19-35-34)29-24-15-7-9-17-27(24)36(20-22-11-3-1-4-12-22)32(29)33-30(31)25-16-8-10-18-28(25)37(33)21-23-13-5-2-6-14-23/h1-14,16-18,28H,15,19-21H2,(H,35,38). The average molecular weight is 494 g/mol. The number of hydrogen-bond acceptors (Lipinski definition) is 2. The third-order valence-electron chi connectivity index (χ3n) is 8.38. The molecule has 3 aromatic carbocycles. The van der Waals surface area contributed by atoms with Crippen molar-refractivity contribution in [3.8, 4) is 0 Å². The highest BCUT2D eigenvalue weighted by molar-refractivity contribution is 6.12. The number of nitrogens with zero attached hydrogens (tertiary/aromatic N) is 2. The van der Waals surface area contributed by atoms with Crippen molar-refractivity contribution in [2.75, 3.05) is 4.90 Å². The average Bonchev–Trinajstić information content (AvgIpc) is 3.60. The van der Waals surface area contributed by atoms with Crippen molar-refractivity contribution < 1.29 is 4.79 Å². The Labute approximate surface area is 221 Å². The van der Waals surface area contributed by atoms with E-state index in [0.717, 1.165) is 35.9 Å². The molecule has 184 valence electrons. The second-order valence-electron chi connectivity index (χ2n) is 10.5. The highest BCUT2D eigenvalue weighted by Gasteiger charge is 2.39. The molecule has 4 heteroatoms. The maximum atomic E-state index is 13.5. The smallest absolute Gasteiger partial charge is 0.252 e. The van der Waals surface area contributed by atoms with Crippen LogP contribution in [0.2, 0.25) is 0 Å². The second kappa shape index (κ2) is 8.22. The number of carbonyl (C=O) groups is 1. The first-order valence-corrected chi connectivity index (χ1v) is 13.4. The normalized spacial score (nSPS) is 18.3. The fourth-order valence-electron chi connectivity index (χ4n) is 6.82. The third-order valence-corrected chi connectivity index (χ3v) is 8.38. The summed E-state index contributed by atoms with van der Waals surface area (Å²) in [6.45, 7) is 2.15. The summed E-state index contributed by atoms with van der Waals surface area (Å²) in [6.07, 6.45) is 16.3. The van der Waals surface area contributed by atoms with Gasteiger partial charge in [0.1, 0.15) is 0 Å². The highest BCUT2D eigenvalue weighted by Crippen LogP contribution is 2.41. The summed E-state index contributed by atoms with van der Waals surface area (Å²) in [7, 11) is 0. The van der Waals surface area contributed by atoms with Crippen LogP contribution in [0.15, 0.2) is 97.1 Å². The van der Waals surface area contributed by atoms with Crippen LogP contribution in [0.1, 0.15) is 32.6 Å². The predicted molar refractivity (Wildman–Crippen MR) is 153 cm³/mol. The Kier molecular flexibility index (Phi) is 4.65. The third kappa shape index (κ3) is 3.00. The van der Waals surface area contributed by atoms with Crippen molar-refractivity contribution in [1.82, 2.24) is 9.88 Å². The van der Waals surface area contributed by atoms with Crippen LogP contribution in [-0.2, 0) is 26.1 Å². The summed E-state index contributed by atoms with van der Waals surface area (Å²) in [4.78, 5) is 16.0. The molecule has 1 N–H and O–H groups in total.